The van der Waals surface area contributed by atoms with Crippen molar-refractivity contribution in [3.8, 4) is 0 Å². The number of ether oxygens (including phenoxy) is 1. The van der Waals surface area contributed by atoms with E-state index in [9.17, 15) is 5.11 Å². The third kappa shape index (κ3) is 3.83. The molecule has 1 aliphatic rings. The van der Waals surface area contributed by atoms with Crippen LogP contribution in [-0.2, 0) is 11.3 Å². The Balaban J connectivity index is 1.63. The lowest BCUT2D eigenvalue weighted by Crippen LogP contribution is -2.22. The van der Waals surface area contributed by atoms with Gasteiger partial charge in [-0.25, -0.2) is 0 Å². The third-order valence-electron chi connectivity index (χ3n) is 3.47. The summed E-state index contributed by atoms with van der Waals surface area (Å²) in [6, 6.07) is 4.13. The minimum absolute atomic E-state index is 0.387. The monoisotopic (exact) mass is 253 g/mol. The molecule has 102 valence electrons. The molecule has 3 atom stereocenters. The first-order valence-electron chi connectivity index (χ1n) is 6.67. The molecule has 0 spiro atoms. The van der Waals surface area contributed by atoms with Crippen LogP contribution in [0.25, 0.3) is 0 Å². The quantitative estimate of drug-likeness (QED) is 0.695. The second kappa shape index (κ2) is 6.36. The van der Waals surface area contributed by atoms with Crippen LogP contribution in [0.1, 0.15) is 37.2 Å². The Morgan fingerprint density at radius 2 is 2.33 bits per heavy atom. The van der Waals surface area contributed by atoms with Crippen LogP contribution >= 0.6 is 0 Å². The zero-order chi connectivity index (χ0) is 13.0. The van der Waals surface area contributed by atoms with Crippen molar-refractivity contribution in [2.24, 2.45) is 5.92 Å². The average Bonchev–Trinajstić information content (AvgIpc) is 2.90. The average molecular weight is 253 g/mol. The van der Waals surface area contributed by atoms with E-state index in [1.54, 1.807) is 7.11 Å². The van der Waals surface area contributed by atoms with Crippen molar-refractivity contribution in [2.75, 3.05) is 20.3 Å². The van der Waals surface area contributed by atoms with E-state index in [1.807, 2.05) is 6.07 Å². The lowest BCUT2D eigenvalue weighted by atomic mass is 10.2. The molecule has 4 heteroatoms. The minimum atomic E-state index is -0.387. The first-order chi connectivity index (χ1) is 8.70. The van der Waals surface area contributed by atoms with E-state index in [0.717, 1.165) is 30.5 Å². The van der Waals surface area contributed by atoms with Gasteiger partial charge in [-0.1, -0.05) is 6.92 Å². The highest BCUT2D eigenvalue weighted by atomic mass is 16.5. The number of methoxy groups -OCH3 is 1. The standard InChI is InChI=1S/C14H23NO3/c1-10-7-13(10)14-4-3-12(18-14)8-15-6-5-11(16)9-17-2/h3-4,10-11,13,15-16H,5-9H2,1-2H3. The Morgan fingerprint density at radius 3 is 3.00 bits per heavy atom. The van der Waals surface area contributed by atoms with Gasteiger partial charge < -0.3 is 19.6 Å². The number of hydrogen-bond donors (Lipinski definition) is 2. The van der Waals surface area contributed by atoms with Gasteiger partial charge in [0.05, 0.1) is 19.3 Å². The van der Waals surface area contributed by atoms with Gasteiger partial charge in [0, 0.05) is 13.0 Å². The third-order valence-corrected chi connectivity index (χ3v) is 3.47. The van der Waals surface area contributed by atoms with Crippen LogP contribution in [0.3, 0.4) is 0 Å². The highest BCUT2D eigenvalue weighted by Crippen LogP contribution is 2.47. The summed E-state index contributed by atoms with van der Waals surface area (Å²) in [7, 11) is 1.60. The van der Waals surface area contributed by atoms with Crippen LogP contribution < -0.4 is 5.32 Å². The van der Waals surface area contributed by atoms with Crippen molar-refractivity contribution < 1.29 is 14.3 Å². The van der Waals surface area contributed by atoms with E-state index in [4.69, 9.17) is 9.15 Å². The lowest BCUT2D eigenvalue weighted by molar-refractivity contribution is 0.0593. The molecule has 1 aromatic rings. The smallest absolute Gasteiger partial charge is 0.117 e. The molecule has 0 aromatic carbocycles. The molecule has 2 rings (SSSR count). The summed E-state index contributed by atoms with van der Waals surface area (Å²) in [5.41, 5.74) is 0. The van der Waals surface area contributed by atoms with Gasteiger partial charge in [-0.05, 0) is 37.4 Å². The first-order valence-corrected chi connectivity index (χ1v) is 6.67. The number of rotatable bonds is 8. The van der Waals surface area contributed by atoms with Gasteiger partial charge in [-0.2, -0.15) is 0 Å². The Hall–Kier alpha value is -0.840. The Morgan fingerprint density at radius 1 is 1.56 bits per heavy atom. The molecule has 1 aliphatic carbocycles. The maximum Gasteiger partial charge on any atom is 0.117 e. The number of aliphatic hydroxyl groups excluding tert-OH is 1. The van der Waals surface area contributed by atoms with Gasteiger partial charge in [0.2, 0.25) is 0 Å². The van der Waals surface area contributed by atoms with E-state index in [2.05, 4.69) is 18.3 Å². The summed E-state index contributed by atoms with van der Waals surface area (Å²) in [5.74, 6) is 3.52. The van der Waals surface area contributed by atoms with Crippen molar-refractivity contribution in [1.29, 1.82) is 0 Å². The van der Waals surface area contributed by atoms with Gasteiger partial charge >= 0.3 is 0 Å². The molecule has 0 radical (unpaired) electrons. The fourth-order valence-corrected chi connectivity index (χ4v) is 2.16. The van der Waals surface area contributed by atoms with Crippen LogP contribution in [-0.4, -0.2) is 31.5 Å². The lowest BCUT2D eigenvalue weighted by Gasteiger charge is -2.09. The topological polar surface area (TPSA) is 54.6 Å². The van der Waals surface area contributed by atoms with Crippen molar-refractivity contribution in [3.05, 3.63) is 23.7 Å². The maximum atomic E-state index is 9.47. The van der Waals surface area contributed by atoms with E-state index in [0.29, 0.717) is 18.9 Å². The normalized spacial score (nSPS) is 24.2. The molecule has 0 bridgehead atoms. The molecule has 1 aromatic heterocycles. The second-order valence-electron chi connectivity index (χ2n) is 5.20. The number of nitrogens with one attached hydrogen (secondary N) is 1. The van der Waals surface area contributed by atoms with Crippen LogP contribution in [0.4, 0.5) is 0 Å². The molecule has 1 heterocycles. The fourth-order valence-electron chi connectivity index (χ4n) is 2.16. The van der Waals surface area contributed by atoms with E-state index < -0.39 is 0 Å². The SMILES string of the molecule is COCC(O)CCNCc1ccc(C2CC2C)o1. The van der Waals surface area contributed by atoms with Gasteiger partial charge in [0.15, 0.2) is 0 Å². The van der Waals surface area contributed by atoms with E-state index >= 15 is 0 Å². The predicted molar refractivity (Wildman–Crippen MR) is 69.4 cm³/mol. The molecule has 18 heavy (non-hydrogen) atoms. The van der Waals surface area contributed by atoms with Crippen LogP contribution in [0, 0.1) is 5.92 Å². The number of furan rings is 1. The van der Waals surface area contributed by atoms with E-state index in [1.165, 1.54) is 6.42 Å². The molecule has 1 fully saturated rings. The summed E-state index contributed by atoms with van der Waals surface area (Å²) in [4.78, 5) is 0. The van der Waals surface area contributed by atoms with Gasteiger partial charge in [-0.15, -0.1) is 0 Å². The summed E-state index contributed by atoms with van der Waals surface area (Å²) in [5, 5.41) is 12.7. The second-order valence-corrected chi connectivity index (χ2v) is 5.20. The largest absolute Gasteiger partial charge is 0.464 e. The Bertz CT molecular complexity index is 364. The van der Waals surface area contributed by atoms with Crippen molar-refractivity contribution in [2.45, 2.75) is 38.3 Å². The highest BCUT2D eigenvalue weighted by molar-refractivity contribution is 5.17. The highest BCUT2D eigenvalue weighted by Gasteiger charge is 2.36. The summed E-state index contributed by atoms with van der Waals surface area (Å²) < 4.78 is 10.7. The first kappa shape index (κ1) is 13.6. The molecular formula is C14H23NO3. The van der Waals surface area contributed by atoms with Gasteiger partial charge in [0.1, 0.15) is 11.5 Å². The summed E-state index contributed by atoms with van der Waals surface area (Å²) >= 11 is 0. The van der Waals surface area contributed by atoms with Crippen LogP contribution in [0.5, 0.6) is 0 Å². The van der Waals surface area contributed by atoms with Crippen molar-refractivity contribution in [1.82, 2.24) is 5.32 Å². The molecule has 0 aliphatic heterocycles. The fraction of sp³-hybridized carbons (Fsp3) is 0.714. The van der Waals surface area contributed by atoms with Crippen molar-refractivity contribution in [3.63, 3.8) is 0 Å². The zero-order valence-corrected chi connectivity index (χ0v) is 11.2. The Kier molecular flexibility index (Phi) is 4.80. The summed E-state index contributed by atoms with van der Waals surface area (Å²) in [6.07, 6.45) is 1.56. The molecular weight excluding hydrogens is 230 g/mol. The van der Waals surface area contributed by atoms with E-state index in [-0.39, 0.29) is 6.10 Å². The molecule has 2 N–H and O–H groups in total. The summed E-state index contributed by atoms with van der Waals surface area (Å²) in [6.45, 7) is 4.13. The molecule has 0 amide bonds. The number of aliphatic hydroxyl groups is 1. The van der Waals surface area contributed by atoms with Crippen LogP contribution in [0.2, 0.25) is 0 Å². The van der Waals surface area contributed by atoms with Crippen LogP contribution in [0.15, 0.2) is 16.5 Å². The number of hydrogen-bond acceptors (Lipinski definition) is 4. The molecule has 3 unspecified atom stereocenters. The minimum Gasteiger partial charge on any atom is -0.464 e. The van der Waals surface area contributed by atoms with Gasteiger partial charge in [-0.3, -0.25) is 0 Å². The molecule has 4 nitrogen and oxygen atoms in total. The zero-order valence-electron chi connectivity index (χ0n) is 11.2. The van der Waals surface area contributed by atoms with Gasteiger partial charge in [0.25, 0.3) is 0 Å². The predicted octanol–water partition coefficient (Wildman–Crippen LogP) is 1.89. The Labute approximate surface area is 108 Å². The molecule has 0 saturated heterocycles. The molecule has 1 saturated carbocycles. The van der Waals surface area contributed by atoms with Crippen molar-refractivity contribution >= 4 is 0 Å². The maximum absolute atomic E-state index is 9.47.